The minimum atomic E-state index is -0.444. The van der Waals surface area contributed by atoms with Gasteiger partial charge in [0.2, 0.25) is 0 Å². The fraction of sp³-hybridized carbons (Fsp3) is 0.160. The van der Waals surface area contributed by atoms with Crippen molar-refractivity contribution < 1.29 is 23.8 Å². The molecular formula is C25H24BrN3O5S. The first-order valence-electron chi connectivity index (χ1n) is 10.6. The SMILES string of the molecule is COCCOc1ccc(C(=O)NC(=S)NNC(=O)c2ccc(OCc3ccccc3)cc2)cc1Br. The van der Waals surface area contributed by atoms with E-state index < -0.39 is 11.8 Å². The van der Waals surface area contributed by atoms with E-state index in [1.807, 2.05) is 30.3 Å². The summed E-state index contributed by atoms with van der Waals surface area (Å²) in [5.41, 5.74) is 6.78. The smallest absolute Gasteiger partial charge is 0.269 e. The van der Waals surface area contributed by atoms with Gasteiger partial charge in [-0.1, -0.05) is 30.3 Å². The zero-order valence-corrected chi connectivity index (χ0v) is 21.3. The molecule has 0 radical (unpaired) electrons. The van der Waals surface area contributed by atoms with E-state index in [0.29, 0.717) is 46.9 Å². The van der Waals surface area contributed by atoms with Gasteiger partial charge >= 0.3 is 0 Å². The summed E-state index contributed by atoms with van der Waals surface area (Å²) in [7, 11) is 1.59. The molecule has 0 aromatic heterocycles. The van der Waals surface area contributed by atoms with Crippen LogP contribution in [0.15, 0.2) is 77.3 Å². The maximum atomic E-state index is 12.4. The number of benzene rings is 3. The first-order chi connectivity index (χ1) is 17.0. The van der Waals surface area contributed by atoms with Crippen LogP contribution in [0.2, 0.25) is 0 Å². The van der Waals surface area contributed by atoms with Crippen molar-refractivity contribution in [1.82, 2.24) is 16.2 Å². The second kappa shape index (κ2) is 13.4. The molecule has 3 aromatic carbocycles. The molecule has 2 amide bonds. The monoisotopic (exact) mass is 557 g/mol. The average Bonchev–Trinajstić information content (AvgIpc) is 2.88. The lowest BCUT2D eigenvalue weighted by molar-refractivity contribution is 0.0934. The lowest BCUT2D eigenvalue weighted by atomic mass is 10.2. The lowest BCUT2D eigenvalue weighted by Crippen LogP contribution is -2.48. The molecule has 0 saturated carbocycles. The Morgan fingerprint density at radius 2 is 1.57 bits per heavy atom. The number of carbonyl (C=O) groups excluding carboxylic acids is 2. The number of hydrogen-bond donors (Lipinski definition) is 3. The van der Waals surface area contributed by atoms with Gasteiger partial charge in [-0.25, -0.2) is 0 Å². The van der Waals surface area contributed by atoms with E-state index in [4.69, 9.17) is 26.4 Å². The van der Waals surface area contributed by atoms with Crippen LogP contribution in [0.1, 0.15) is 26.3 Å². The third-order valence-corrected chi connectivity index (χ3v) is 5.44. The van der Waals surface area contributed by atoms with Gasteiger partial charge < -0.3 is 14.2 Å². The van der Waals surface area contributed by atoms with Gasteiger partial charge in [0.15, 0.2) is 5.11 Å². The first kappa shape index (κ1) is 26.1. The highest BCUT2D eigenvalue weighted by atomic mass is 79.9. The van der Waals surface area contributed by atoms with E-state index in [-0.39, 0.29) is 5.11 Å². The Morgan fingerprint density at radius 1 is 0.857 bits per heavy atom. The molecule has 0 bridgehead atoms. The summed E-state index contributed by atoms with van der Waals surface area (Å²) >= 11 is 8.48. The van der Waals surface area contributed by atoms with E-state index in [1.54, 1.807) is 49.6 Å². The molecular weight excluding hydrogens is 534 g/mol. The molecule has 0 heterocycles. The number of amides is 2. The minimum Gasteiger partial charge on any atom is -0.490 e. The molecule has 0 atom stereocenters. The third kappa shape index (κ3) is 8.36. The Bertz CT molecular complexity index is 1160. The summed E-state index contributed by atoms with van der Waals surface area (Å²) in [5.74, 6) is 0.364. The number of rotatable bonds is 9. The molecule has 0 aliphatic rings. The third-order valence-electron chi connectivity index (χ3n) is 4.62. The second-order valence-electron chi connectivity index (χ2n) is 7.15. The fourth-order valence-electron chi connectivity index (χ4n) is 2.83. The number of thiocarbonyl (C=S) groups is 1. The average molecular weight is 558 g/mol. The van der Waals surface area contributed by atoms with Crippen molar-refractivity contribution in [3.05, 3.63) is 94.0 Å². The topological polar surface area (TPSA) is 97.9 Å². The molecule has 182 valence electrons. The van der Waals surface area contributed by atoms with Gasteiger partial charge in [-0.3, -0.25) is 25.8 Å². The largest absolute Gasteiger partial charge is 0.490 e. The predicted molar refractivity (Wildman–Crippen MR) is 139 cm³/mol. The zero-order chi connectivity index (χ0) is 25.0. The van der Waals surface area contributed by atoms with Gasteiger partial charge in [-0.15, -0.1) is 0 Å². The van der Waals surface area contributed by atoms with Gasteiger partial charge in [-0.05, 0) is 76.2 Å². The second-order valence-corrected chi connectivity index (χ2v) is 8.41. The molecule has 35 heavy (non-hydrogen) atoms. The number of halogens is 1. The highest BCUT2D eigenvalue weighted by Gasteiger charge is 2.12. The first-order valence-corrected chi connectivity index (χ1v) is 11.8. The number of hydrazine groups is 1. The number of carbonyl (C=O) groups is 2. The van der Waals surface area contributed by atoms with Crippen LogP contribution in [-0.2, 0) is 11.3 Å². The molecule has 0 aliphatic carbocycles. The fourth-order valence-corrected chi connectivity index (χ4v) is 3.47. The van der Waals surface area contributed by atoms with Crippen LogP contribution in [-0.4, -0.2) is 37.3 Å². The summed E-state index contributed by atoms with van der Waals surface area (Å²) in [6, 6.07) is 21.3. The van der Waals surface area contributed by atoms with Crippen molar-refractivity contribution in [2.75, 3.05) is 20.3 Å². The molecule has 0 spiro atoms. The van der Waals surface area contributed by atoms with Crippen molar-refractivity contribution in [2.45, 2.75) is 6.61 Å². The number of ether oxygens (including phenoxy) is 3. The Morgan fingerprint density at radius 3 is 2.26 bits per heavy atom. The molecule has 3 aromatic rings. The van der Waals surface area contributed by atoms with E-state index in [0.717, 1.165) is 5.56 Å². The number of methoxy groups -OCH3 is 1. The van der Waals surface area contributed by atoms with Crippen molar-refractivity contribution in [2.24, 2.45) is 0 Å². The van der Waals surface area contributed by atoms with Crippen LogP contribution in [0.5, 0.6) is 11.5 Å². The standard InChI is InChI=1S/C25H24BrN3O5S/c1-32-13-14-33-22-12-9-19(15-21(22)26)23(30)27-25(35)29-28-24(31)18-7-10-20(11-8-18)34-16-17-5-3-2-4-6-17/h2-12,15H,13-14,16H2,1H3,(H,28,31)(H2,27,29,30,35). The highest BCUT2D eigenvalue weighted by Crippen LogP contribution is 2.26. The molecule has 0 fully saturated rings. The van der Waals surface area contributed by atoms with Crippen LogP contribution in [0.25, 0.3) is 0 Å². The Kier molecular flexibility index (Phi) is 10.0. The van der Waals surface area contributed by atoms with Crippen LogP contribution >= 0.6 is 28.1 Å². The maximum absolute atomic E-state index is 12.4. The molecule has 8 nitrogen and oxygen atoms in total. The van der Waals surface area contributed by atoms with Gasteiger partial charge in [-0.2, -0.15) is 0 Å². The van der Waals surface area contributed by atoms with Crippen LogP contribution in [0, 0.1) is 0 Å². The summed E-state index contributed by atoms with van der Waals surface area (Å²) in [6.07, 6.45) is 0. The van der Waals surface area contributed by atoms with Crippen molar-refractivity contribution in [1.29, 1.82) is 0 Å². The molecule has 3 rings (SSSR count). The summed E-state index contributed by atoms with van der Waals surface area (Å²) < 4.78 is 16.8. The molecule has 0 unspecified atom stereocenters. The molecule has 3 N–H and O–H groups in total. The molecule has 0 aliphatic heterocycles. The summed E-state index contributed by atoms with van der Waals surface area (Å²) in [4.78, 5) is 24.8. The number of nitrogens with one attached hydrogen (secondary N) is 3. The Hall–Kier alpha value is -3.47. The molecule has 10 heteroatoms. The van der Waals surface area contributed by atoms with Crippen molar-refractivity contribution >= 4 is 45.1 Å². The lowest BCUT2D eigenvalue weighted by Gasteiger charge is -2.12. The van der Waals surface area contributed by atoms with Gasteiger partial charge in [0.25, 0.3) is 11.8 Å². The Balaban J connectivity index is 1.44. The highest BCUT2D eigenvalue weighted by molar-refractivity contribution is 9.10. The number of hydrogen-bond acceptors (Lipinski definition) is 6. The van der Waals surface area contributed by atoms with Gasteiger partial charge in [0, 0.05) is 18.2 Å². The maximum Gasteiger partial charge on any atom is 0.269 e. The van der Waals surface area contributed by atoms with E-state index >= 15 is 0 Å². The zero-order valence-electron chi connectivity index (χ0n) is 18.9. The normalized spacial score (nSPS) is 10.2. The van der Waals surface area contributed by atoms with Crippen molar-refractivity contribution in [3.8, 4) is 11.5 Å². The summed E-state index contributed by atoms with van der Waals surface area (Å²) in [5, 5.41) is 2.46. The predicted octanol–water partition coefficient (Wildman–Crippen LogP) is 4.00. The van der Waals surface area contributed by atoms with Crippen LogP contribution in [0.3, 0.4) is 0 Å². The van der Waals surface area contributed by atoms with Crippen LogP contribution in [0.4, 0.5) is 0 Å². The van der Waals surface area contributed by atoms with E-state index in [1.165, 1.54) is 0 Å². The van der Waals surface area contributed by atoms with Crippen molar-refractivity contribution in [3.63, 3.8) is 0 Å². The molecule has 0 saturated heterocycles. The van der Waals surface area contributed by atoms with E-state index in [9.17, 15) is 9.59 Å². The van der Waals surface area contributed by atoms with Crippen LogP contribution < -0.4 is 25.6 Å². The Labute approximate surface area is 217 Å². The minimum absolute atomic E-state index is 0.0530. The quantitative estimate of drug-likeness (QED) is 0.208. The van der Waals surface area contributed by atoms with Gasteiger partial charge in [0.05, 0.1) is 11.1 Å². The summed E-state index contributed by atoms with van der Waals surface area (Å²) in [6.45, 7) is 1.27. The van der Waals surface area contributed by atoms with Gasteiger partial charge in [0.1, 0.15) is 24.7 Å². The van der Waals surface area contributed by atoms with E-state index in [2.05, 4.69) is 32.1 Å².